The Balaban J connectivity index is 2.00. The Labute approximate surface area is 88.1 Å². The third-order valence-corrected chi connectivity index (χ3v) is 2.52. The van der Waals surface area contributed by atoms with Crippen molar-refractivity contribution in [3.63, 3.8) is 0 Å². The zero-order valence-corrected chi connectivity index (χ0v) is 8.45. The Morgan fingerprint density at radius 3 is 2.73 bits per heavy atom. The van der Waals surface area contributed by atoms with Crippen molar-refractivity contribution in [2.75, 3.05) is 26.3 Å². The molecule has 3 nitrogen and oxygen atoms in total. The van der Waals surface area contributed by atoms with Crippen LogP contribution in [0.25, 0.3) is 0 Å². The first-order chi connectivity index (χ1) is 7.25. The number of nitrogens with zero attached hydrogens (tertiary/aromatic N) is 1. The van der Waals surface area contributed by atoms with Gasteiger partial charge in [0, 0.05) is 19.6 Å². The molecule has 1 saturated heterocycles. The van der Waals surface area contributed by atoms with Crippen molar-refractivity contribution in [1.82, 2.24) is 4.90 Å². The van der Waals surface area contributed by atoms with Crippen molar-refractivity contribution in [2.24, 2.45) is 0 Å². The van der Waals surface area contributed by atoms with Crippen molar-refractivity contribution in [3.8, 4) is 5.75 Å². The van der Waals surface area contributed by atoms with E-state index in [4.69, 9.17) is 4.74 Å². The van der Waals surface area contributed by atoms with E-state index >= 15 is 0 Å². The SMILES string of the molecule is Oc1cc(CN2CCOCC2)ccc1F. The van der Waals surface area contributed by atoms with Crippen LogP contribution in [-0.2, 0) is 11.3 Å². The van der Waals surface area contributed by atoms with Crippen LogP contribution < -0.4 is 0 Å². The highest BCUT2D eigenvalue weighted by Gasteiger charge is 2.11. The van der Waals surface area contributed by atoms with Crippen molar-refractivity contribution in [1.29, 1.82) is 0 Å². The van der Waals surface area contributed by atoms with Crippen LogP contribution in [0.15, 0.2) is 18.2 Å². The summed E-state index contributed by atoms with van der Waals surface area (Å²) in [7, 11) is 0. The molecule has 0 saturated carbocycles. The fraction of sp³-hybridized carbons (Fsp3) is 0.455. The maximum atomic E-state index is 12.8. The smallest absolute Gasteiger partial charge is 0.164 e. The summed E-state index contributed by atoms with van der Waals surface area (Å²) in [5.41, 5.74) is 0.927. The highest BCUT2D eigenvalue weighted by molar-refractivity contribution is 5.28. The largest absolute Gasteiger partial charge is 0.505 e. The van der Waals surface area contributed by atoms with Gasteiger partial charge in [-0.15, -0.1) is 0 Å². The third kappa shape index (κ3) is 2.67. The molecule has 0 aromatic heterocycles. The monoisotopic (exact) mass is 211 g/mol. The number of hydrogen-bond donors (Lipinski definition) is 1. The maximum absolute atomic E-state index is 12.8. The molecule has 1 aromatic carbocycles. The van der Waals surface area contributed by atoms with Crippen LogP contribution in [0, 0.1) is 5.82 Å². The van der Waals surface area contributed by atoms with Gasteiger partial charge in [0.1, 0.15) is 0 Å². The van der Waals surface area contributed by atoms with Gasteiger partial charge in [0.25, 0.3) is 0 Å². The van der Waals surface area contributed by atoms with Gasteiger partial charge in [-0.25, -0.2) is 4.39 Å². The molecule has 1 heterocycles. The molecule has 0 aliphatic carbocycles. The second kappa shape index (κ2) is 4.59. The Morgan fingerprint density at radius 1 is 1.33 bits per heavy atom. The molecule has 0 radical (unpaired) electrons. The van der Waals surface area contributed by atoms with Crippen LogP contribution in [0.3, 0.4) is 0 Å². The molecule has 0 bridgehead atoms. The lowest BCUT2D eigenvalue weighted by Gasteiger charge is -2.26. The molecule has 2 rings (SSSR count). The lowest BCUT2D eigenvalue weighted by Crippen LogP contribution is -2.35. The standard InChI is InChI=1S/C11H14FNO2/c12-10-2-1-9(7-11(10)14)8-13-3-5-15-6-4-13/h1-2,7,14H,3-6,8H2. The molecule has 0 unspecified atom stereocenters. The van der Waals surface area contributed by atoms with E-state index < -0.39 is 5.82 Å². The number of halogens is 1. The van der Waals surface area contributed by atoms with Gasteiger partial charge in [-0.2, -0.15) is 0 Å². The quantitative estimate of drug-likeness (QED) is 0.801. The lowest BCUT2D eigenvalue weighted by atomic mass is 10.2. The van der Waals surface area contributed by atoms with E-state index in [0.717, 1.165) is 38.4 Å². The molecule has 1 fully saturated rings. The second-order valence-electron chi connectivity index (χ2n) is 3.67. The normalized spacial score (nSPS) is 17.9. The molecule has 4 heteroatoms. The average Bonchev–Trinajstić information content (AvgIpc) is 2.25. The molecule has 1 aromatic rings. The van der Waals surface area contributed by atoms with Gasteiger partial charge >= 0.3 is 0 Å². The molecular weight excluding hydrogens is 197 g/mol. The summed E-state index contributed by atoms with van der Waals surface area (Å²) >= 11 is 0. The van der Waals surface area contributed by atoms with Crippen LogP contribution >= 0.6 is 0 Å². The molecule has 1 aliphatic heterocycles. The van der Waals surface area contributed by atoms with Gasteiger partial charge in [-0.3, -0.25) is 4.90 Å². The fourth-order valence-corrected chi connectivity index (χ4v) is 1.67. The number of rotatable bonds is 2. The van der Waals surface area contributed by atoms with Gasteiger partial charge in [0.15, 0.2) is 11.6 Å². The summed E-state index contributed by atoms with van der Waals surface area (Å²) in [4.78, 5) is 2.22. The number of morpholine rings is 1. The van der Waals surface area contributed by atoms with E-state index in [2.05, 4.69) is 4.90 Å². The van der Waals surface area contributed by atoms with Crippen LogP contribution in [0.5, 0.6) is 5.75 Å². The van der Waals surface area contributed by atoms with Gasteiger partial charge in [-0.1, -0.05) is 6.07 Å². The summed E-state index contributed by atoms with van der Waals surface area (Å²) in [6.07, 6.45) is 0. The average molecular weight is 211 g/mol. The van der Waals surface area contributed by atoms with Gasteiger partial charge in [-0.05, 0) is 17.7 Å². The summed E-state index contributed by atoms with van der Waals surface area (Å²) in [6, 6.07) is 4.47. The minimum atomic E-state index is -0.569. The van der Waals surface area contributed by atoms with Crippen molar-refractivity contribution >= 4 is 0 Å². The second-order valence-corrected chi connectivity index (χ2v) is 3.67. The number of ether oxygens (including phenoxy) is 1. The summed E-state index contributed by atoms with van der Waals surface area (Å²) in [5, 5.41) is 9.21. The Hall–Kier alpha value is -1.13. The summed E-state index contributed by atoms with van der Waals surface area (Å²) in [6.45, 7) is 3.99. The first-order valence-corrected chi connectivity index (χ1v) is 5.03. The van der Waals surface area contributed by atoms with Crippen LogP contribution in [0.2, 0.25) is 0 Å². The number of benzene rings is 1. The molecule has 0 amide bonds. The highest BCUT2D eigenvalue weighted by Crippen LogP contribution is 2.18. The van der Waals surface area contributed by atoms with Gasteiger partial charge in [0.05, 0.1) is 13.2 Å². The topological polar surface area (TPSA) is 32.7 Å². The number of hydrogen-bond acceptors (Lipinski definition) is 3. The zero-order chi connectivity index (χ0) is 10.7. The fourth-order valence-electron chi connectivity index (χ4n) is 1.67. The van der Waals surface area contributed by atoms with E-state index in [1.54, 1.807) is 6.07 Å². The number of aromatic hydroxyl groups is 1. The molecule has 82 valence electrons. The first-order valence-electron chi connectivity index (χ1n) is 5.03. The molecule has 1 aliphatic rings. The Morgan fingerprint density at radius 2 is 2.07 bits per heavy atom. The molecule has 0 spiro atoms. The minimum absolute atomic E-state index is 0.277. The Kier molecular flexibility index (Phi) is 3.18. The minimum Gasteiger partial charge on any atom is -0.505 e. The van der Waals surface area contributed by atoms with Crippen molar-refractivity contribution in [2.45, 2.75) is 6.54 Å². The third-order valence-electron chi connectivity index (χ3n) is 2.52. The maximum Gasteiger partial charge on any atom is 0.164 e. The lowest BCUT2D eigenvalue weighted by molar-refractivity contribution is 0.0341. The van der Waals surface area contributed by atoms with Crippen molar-refractivity contribution < 1.29 is 14.2 Å². The molecule has 1 N–H and O–H groups in total. The van der Waals surface area contributed by atoms with Crippen LogP contribution in [0.1, 0.15) is 5.56 Å². The molecule has 0 atom stereocenters. The number of phenolic OH excluding ortho intramolecular Hbond substituents is 1. The first kappa shape index (κ1) is 10.4. The van der Waals surface area contributed by atoms with E-state index in [0.29, 0.717) is 0 Å². The molecular formula is C11H14FNO2. The summed E-state index contributed by atoms with van der Waals surface area (Å²) < 4.78 is 18.0. The molecule has 15 heavy (non-hydrogen) atoms. The predicted octanol–water partition coefficient (Wildman–Crippen LogP) is 1.36. The van der Waals surface area contributed by atoms with Gasteiger partial charge in [0.2, 0.25) is 0 Å². The zero-order valence-electron chi connectivity index (χ0n) is 8.45. The predicted molar refractivity (Wildman–Crippen MR) is 54.2 cm³/mol. The number of phenols is 1. The van der Waals surface area contributed by atoms with Crippen LogP contribution in [-0.4, -0.2) is 36.3 Å². The Bertz CT molecular complexity index is 337. The van der Waals surface area contributed by atoms with E-state index in [9.17, 15) is 9.50 Å². The highest BCUT2D eigenvalue weighted by atomic mass is 19.1. The summed E-state index contributed by atoms with van der Waals surface area (Å²) in [5.74, 6) is -0.846. The van der Waals surface area contributed by atoms with E-state index in [1.165, 1.54) is 12.1 Å². The van der Waals surface area contributed by atoms with Gasteiger partial charge < -0.3 is 9.84 Å². The van der Waals surface area contributed by atoms with Crippen molar-refractivity contribution in [3.05, 3.63) is 29.6 Å². The van der Waals surface area contributed by atoms with Crippen LogP contribution in [0.4, 0.5) is 4.39 Å². The van der Waals surface area contributed by atoms with E-state index in [1.807, 2.05) is 0 Å². The van der Waals surface area contributed by atoms with E-state index in [-0.39, 0.29) is 5.75 Å².